The molecule has 0 aliphatic heterocycles. The van der Waals surface area contributed by atoms with Crippen LogP contribution in [0.5, 0.6) is 5.75 Å². The number of hydrogen-bond acceptors (Lipinski definition) is 5. The van der Waals surface area contributed by atoms with Gasteiger partial charge in [0.25, 0.3) is 5.91 Å². The third kappa shape index (κ3) is 5.79. The van der Waals surface area contributed by atoms with Gasteiger partial charge in [-0.15, -0.1) is 11.3 Å². The molecule has 3 rings (SSSR count). The molecule has 0 unspecified atom stereocenters. The summed E-state index contributed by atoms with van der Waals surface area (Å²) in [6.07, 6.45) is 0.877. The molecule has 0 bridgehead atoms. The number of rotatable bonds is 8. The minimum atomic E-state index is -0.272. The molecule has 0 saturated heterocycles. The second kappa shape index (κ2) is 9.50. The minimum Gasteiger partial charge on any atom is -0.484 e. The van der Waals surface area contributed by atoms with Crippen molar-refractivity contribution < 1.29 is 14.3 Å². The van der Waals surface area contributed by atoms with Crippen LogP contribution in [-0.4, -0.2) is 31.2 Å². The van der Waals surface area contributed by atoms with Crippen LogP contribution in [0.25, 0.3) is 11.3 Å². The quantitative estimate of drug-likeness (QED) is 0.594. The van der Waals surface area contributed by atoms with Crippen molar-refractivity contribution in [2.24, 2.45) is 0 Å². The highest BCUT2D eigenvalue weighted by molar-refractivity contribution is 7.14. The normalized spacial score (nSPS) is 10.6. The summed E-state index contributed by atoms with van der Waals surface area (Å²) in [5.41, 5.74) is 3.04. The molecular formula is C20H19ClN2O3S. The maximum atomic E-state index is 12.0. The highest BCUT2D eigenvalue weighted by Crippen LogP contribution is 2.25. The number of anilines is 1. The van der Waals surface area contributed by atoms with Crippen LogP contribution in [0.4, 0.5) is 5.13 Å². The summed E-state index contributed by atoms with van der Waals surface area (Å²) in [5, 5.41) is 5.76. The summed E-state index contributed by atoms with van der Waals surface area (Å²) in [6, 6.07) is 15.1. The Morgan fingerprint density at radius 1 is 1.22 bits per heavy atom. The van der Waals surface area contributed by atoms with E-state index in [1.165, 1.54) is 16.9 Å². The molecule has 0 saturated carbocycles. The number of methoxy groups -OCH3 is 1. The van der Waals surface area contributed by atoms with Crippen LogP contribution < -0.4 is 10.1 Å². The van der Waals surface area contributed by atoms with Crippen molar-refractivity contribution in [3.8, 4) is 17.0 Å². The van der Waals surface area contributed by atoms with Gasteiger partial charge >= 0.3 is 0 Å². The topological polar surface area (TPSA) is 60.5 Å². The molecule has 1 amide bonds. The second-order valence-electron chi connectivity index (χ2n) is 5.77. The fourth-order valence-electron chi connectivity index (χ4n) is 2.39. The predicted molar refractivity (Wildman–Crippen MR) is 109 cm³/mol. The van der Waals surface area contributed by atoms with E-state index in [2.05, 4.69) is 22.4 Å². The fraction of sp³-hybridized carbons (Fsp3) is 0.200. The van der Waals surface area contributed by atoms with Gasteiger partial charge in [-0.25, -0.2) is 4.98 Å². The number of aromatic nitrogens is 1. The number of amides is 1. The average molecular weight is 403 g/mol. The van der Waals surface area contributed by atoms with Crippen LogP contribution in [0.1, 0.15) is 5.56 Å². The molecule has 7 heteroatoms. The number of hydrogen-bond donors (Lipinski definition) is 1. The Balaban J connectivity index is 1.54. The molecule has 140 valence electrons. The van der Waals surface area contributed by atoms with E-state index in [0.29, 0.717) is 22.5 Å². The largest absolute Gasteiger partial charge is 0.484 e. The number of ether oxygens (including phenoxy) is 2. The molecule has 0 spiro atoms. The van der Waals surface area contributed by atoms with Crippen molar-refractivity contribution in [2.75, 3.05) is 25.6 Å². The van der Waals surface area contributed by atoms with Crippen LogP contribution >= 0.6 is 22.9 Å². The third-order valence-corrected chi connectivity index (χ3v) is 4.75. The summed E-state index contributed by atoms with van der Waals surface area (Å²) in [6.45, 7) is 0.590. The van der Waals surface area contributed by atoms with Crippen molar-refractivity contribution in [2.45, 2.75) is 6.42 Å². The first-order chi connectivity index (χ1) is 13.1. The first kappa shape index (κ1) is 19.4. The summed E-state index contributed by atoms with van der Waals surface area (Å²) in [5.74, 6) is 0.275. The third-order valence-electron chi connectivity index (χ3n) is 3.76. The standard InChI is InChI=1S/C20H19ClN2O3S/c1-25-10-9-14-5-7-15(8-6-14)18-13-27-20(22-18)23-19(24)12-26-17-4-2-3-16(21)11-17/h2-8,11,13H,9-10,12H2,1H3,(H,22,23,24). The smallest absolute Gasteiger partial charge is 0.264 e. The van der Waals surface area contributed by atoms with Crippen molar-refractivity contribution >= 4 is 34.0 Å². The Hall–Kier alpha value is -2.41. The van der Waals surface area contributed by atoms with E-state index in [1.54, 1.807) is 31.4 Å². The van der Waals surface area contributed by atoms with Crippen LogP contribution in [0.15, 0.2) is 53.9 Å². The molecule has 0 aliphatic carbocycles. The lowest BCUT2D eigenvalue weighted by molar-refractivity contribution is -0.118. The highest BCUT2D eigenvalue weighted by Gasteiger charge is 2.09. The van der Waals surface area contributed by atoms with Crippen molar-refractivity contribution in [1.29, 1.82) is 0 Å². The Morgan fingerprint density at radius 3 is 2.78 bits per heavy atom. The zero-order valence-electron chi connectivity index (χ0n) is 14.8. The van der Waals surface area contributed by atoms with E-state index in [-0.39, 0.29) is 12.5 Å². The zero-order valence-corrected chi connectivity index (χ0v) is 16.3. The first-order valence-electron chi connectivity index (χ1n) is 8.36. The number of nitrogens with one attached hydrogen (secondary N) is 1. The Labute approximate surface area is 166 Å². The lowest BCUT2D eigenvalue weighted by atomic mass is 10.1. The number of carbonyl (C=O) groups excluding carboxylic acids is 1. The number of halogens is 1. The molecular weight excluding hydrogens is 384 g/mol. The van der Waals surface area contributed by atoms with Crippen LogP contribution in [-0.2, 0) is 16.0 Å². The number of benzene rings is 2. The Morgan fingerprint density at radius 2 is 2.04 bits per heavy atom. The van der Waals surface area contributed by atoms with Crippen molar-refractivity contribution in [3.05, 3.63) is 64.5 Å². The van der Waals surface area contributed by atoms with E-state index >= 15 is 0 Å². The maximum Gasteiger partial charge on any atom is 0.264 e. The zero-order chi connectivity index (χ0) is 19.1. The van der Waals surface area contributed by atoms with E-state index in [0.717, 1.165) is 17.7 Å². The van der Waals surface area contributed by atoms with E-state index in [1.807, 2.05) is 17.5 Å². The highest BCUT2D eigenvalue weighted by atomic mass is 35.5. The molecule has 0 fully saturated rings. The van der Waals surface area contributed by atoms with Gasteiger partial charge in [0.05, 0.1) is 12.3 Å². The Bertz CT molecular complexity index is 896. The first-order valence-corrected chi connectivity index (χ1v) is 9.62. The molecule has 1 N–H and O–H groups in total. The van der Waals surface area contributed by atoms with Crippen molar-refractivity contribution in [1.82, 2.24) is 4.98 Å². The van der Waals surface area contributed by atoms with Crippen molar-refractivity contribution in [3.63, 3.8) is 0 Å². The fourth-order valence-corrected chi connectivity index (χ4v) is 3.30. The lowest BCUT2D eigenvalue weighted by Gasteiger charge is -2.06. The van der Waals surface area contributed by atoms with Gasteiger partial charge < -0.3 is 9.47 Å². The molecule has 0 radical (unpaired) electrons. The summed E-state index contributed by atoms with van der Waals surface area (Å²) in [4.78, 5) is 16.5. The van der Waals surface area contributed by atoms with Gasteiger partial charge in [-0.3, -0.25) is 10.1 Å². The molecule has 1 heterocycles. The van der Waals surface area contributed by atoms with Crippen LogP contribution in [0.2, 0.25) is 5.02 Å². The molecule has 0 atom stereocenters. The van der Waals surface area contributed by atoms with E-state index in [4.69, 9.17) is 21.1 Å². The second-order valence-corrected chi connectivity index (χ2v) is 7.07. The molecule has 1 aromatic heterocycles. The molecule has 5 nitrogen and oxygen atoms in total. The number of thiazole rings is 1. The molecule has 0 aliphatic rings. The molecule has 3 aromatic rings. The van der Waals surface area contributed by atoms with Crippen LogP contribution in [0.3, 0.4) is 0 Å². The molecule has 2 aromatic carbocycles. The Kier molecular flexibility index (Phi) is 6.81. The van der Waals surface area contributed by atoms with Gasteiger partial charge in [-0.1, -0.05) is 41.9 Å². The summed E-state index contributed by atoms with van der Waals surface area (Å²) < 4.78 is 10.5. The number of carbonyl (C=O) groups is 1. The summed E-state index contributed by atoms with van der Waals surface area (Å²) >= 11 is 7.27. The van der Waals surface area contributed by atoms with Gasteiger partial charge in [-0.05, 0) is 30.2 Å². The summed E-state index contributed by atoms with van der Waals surface area (Å²) in [7, 11) is 1.69. The van der Waals surface area contributed by atoms with Gasteiger partial charge in [-0.2, -0.15) is 0 Å². The van der Waals surface area contributed by atoms with E-state index < -0.39 is 0 Å². The number of nitrogens with zero attached hydrogens (tertiary/aromatic N) is 1. The van der Waals surface area contributed by atoms with Crippen LogP contribution in [0, 0.1) is 0 Å². The van der Waals surface area contributed by atoms with Gasteiger partial charge in [0, 0.05) is 23.1 Å². The van der Waals surface area contributed by atoms with Gasteiger partial charge in [0.2, 0.25) is 0 Å². The van der Waals surface area contributed by atoms with E-state index in [9.17, 15) is 4.79 Å². The monoisotopic (exact) mass is 402 g/mol. The molecule has 27 heavy (non-hydrogen) atoms. The minimum absolute atomic E-state index is 0.108. The average Bonchev–Trinajstić information content (AvgIpc) is 3.13. The van der Waals surface area contributed by atoms with Gasteiger partial charge in [0.1, 0.15) is 5.75 Å². The maximum absolute atomic E-state index is 12.0. The lowest BCUT2D eigenvalue weighted by Crippen LogP contribution is -2.20. The van der Waals surface area contributed by atoms with Gasteiger partial charge in [0.15, 0.2) is 11.7 Å². The SMILES string of the molecule is COCCc1ccc(-c2csc(NC(=O)COc3cccc(Cl)c3)n2)cc1. The predicted octanol–water partition coefficient (Wildman–Crippen LogP) is 4.67.